The van der Waals surface area contributed by atoms with Gasteiger partial charge in [-0.3, -0.25) is 9.59 Å². The Morgan fingerprint density at radius 2 is 0.718 bits per heavy atom. The number of hydrogen-bond acceptors (Lipinski definition) is 4. The zero-order chi connectivity index (χ0) is 29.1. The molecular weight excluding hydrogens is 591 g/mol. The third-order valence-electron chi connectivity index (χ3n) is 6.95. The van der Waals surface area contributed by atoms with Crippen molar-refractivity contribution in [1.82, 2.24) is 0 Å². The average molecular weight is 660 g/mol. The van der Waals surface area contributed by atoms with E-state index in [1.807, 2.05) is 0 Å². The predicted octanol–water partition coefficient (Wildman–Crippen LogP) is 11.0. The molecule has 0 aliphatic heterocycles. The van der Waals surface area contributed by atoms with Gasteiger partial charge in [0.2, 0.25) is 0 Å². The average Bonchev–Trinajstić information content (AvgIpc) is 2.94. The number of ether oxygens (including phenoxy) is 2. The van der Waals surface area contributed by atoms with E-state index in [1.165, 1.54) is 89.9 Å². The van der Waals surface area contributed by atoms with Crippen LogP contribution in [0.4, 0.5) is 0 Å². The predicted molar refractivity (Wildman–Crippen MR) is 171 cm³/mol. The summed E-state index contributed by atoms with van der Waals surface area (Å²) in [5, 5.41) is 0. The van der Waals surface area contributed by atoms with Crippen LogP contribution in [0.25, 0.3) is 0 Å². The first-order chi connectivity index (χ1) is 19.1. The molecule has 0 atom stereocenters. The number of carbonyl (C=O) groups excluding carboxylic acids is 2. The van der Waals surface area contributed by atoms with E-state index in [1.54, 1.807) is 8.87 Å². The maximum atomic E-state index is 11.7. The molecule has 0 aromatic rings. The number of rotatable bonds is 29. The van der Waals surface area contributed by atoms with Crippen LogP contribution in [0.5, 0.6) is 0 Å². The summed E-state index contributed by atoms with van der Waals surface area (Å²) >= 11 is 0.149. The molecule has 0 fully saturated rings. The summed E-state index contributed by atoms with van der Waals surface area (Å²) in [5.41, 5.74) is 0. The van der Waals surface area contributed by atoms with Crippen molar-refractivity contribution in [2.75, 3.05) is 13.2 Å². The topological polar surface area (TPSA) is 52.6 Å². The molecule has 0 N–H and O–H groups in total. The fourth-order valence-corrected chi connectivity index (χ4v) is 8.41. The van der Waals surface area contributed by atoms with Crippen molar-refractivity contribution < 1.29 is 19.1 Å². The summed E-state index contributed by atoms with van der Waals surface area (Å²) in [5.74, 6) is -0.0895. The Bertz CT molecular complexity index is 442. The molecule has 0 rings (SSSR count). The zero-order valence-electron chi connectivity index (χ0n) is 26.9. The normalized spacial score (nSPS) is 10.7. The van der Waals surface area contributed by atoms with Crippen molar-refractivity contribution in [2.24, 2.45) is 0 Å². The second-order valence-electron chi connectivity index (χ2n) is 11.1. The second-order valence-corrected chi connectivity index (χ2v) is 15.3. The van der Waals surface area contributed by atoms with E-state index in [2.05, 4.69) is 27.7 Å². The Kier molecular flexibility index (Phi) is 39.6. The van der Waals surface area contributed by atoms with Crippen LogP contribution in [-0.2, 0) is 19.1 Å². The van der Waals surface area contributed by atoms with Gasteiger partial charge in [0.05, 0.1) is 13.2 Å². The molecule has 5 heteroatoms. The summed E-state index contributed by atoms with van der Waals surface area (Å²) in [6.45, 7) is 10.2. The van der Waals surface area contributed by atoms with E-state index in [4.69, 9.17) is 9.47 Å². The van der Waals surface area contributed by atoms with Crippen molar-refractivity contribution in [3.63, 3.8) is 0 Å². The van der Waals surface area contributed by atoms with Crippen LogP contribution in [0.3, 0.4) is 0 Å². The molecule has 2 radical (unpaired) electrons. The number of esters is 2. The summed E-state index contributed by atoms with van der Waals surface area (Å²) in [7, 11) is 0. The Morgan fingerprint density at radius 3 is 1.08 bits per heavy atom. The maximum absolute atomic E-state index is 11.7. The number of carbonyl (C=O) groups is 2. The van der Waals surface area contributed by atoms with E-state index in [-0.39, 0.29) is 33.1 Å². The zero-order valence-corrected chi connectivity index (χ0v) is 29.8. The quantitative estimate of drug-likeness (QED) is 0.0456. The first-order valence-electron chi connectivity index (χ1n) is 17.1. The molecule has 0 saturated heterocycles. The third kappa shape index (κ3) is 39.9. The van der Waals surface area contributed by atoms with Crippen LogP contribution < -0.4 is 0 Å². The molecule has 39 heavy (non-hydrogen) atoms. The molecular formula is C34H68O4Sn. The van der Waals surface area contributed by atoms with Crippen molar-refractivity contribution in [2.45, 2.75) is 191 Å². The van der Waals surface area contributed by atoms with Crippen LogP contribution in [-0.4, -0.2) is 46.3 Å². The van der Waals surface area contributed by atoms with Crippen molar-refractivity contribution in [1.29, 1.82) is 0 Å². The molecule has 0 aromatic carbocycles. The molecule has 4 nitrogen and oxygen atoms in total. The molecule has 0 spiro atoms. The third-order valence-corrected chi connectivity index (χ3v) is 11.0. The van der Waals surface area contributed by atoms with Gasteiger partial charge in [0.15, 0.2) is 0 Å². The van der Waals surface area contributed by atoms with Gasteiger partial charge in [-0.05, 0) is 25.7 Å². The fraction of sp³-hybridized carbons (Fsp3) is 0.941. The van der Waals surface area contributed by atoms with Crippen LogP contribution in [0, 0.1) is 0 Å². The van der Waals surface area contributed by atoms with Gasteiger partial charge < -0.3 is 9.47 Å². The fourth-order valence-electron chi connectivity index (χ4n) is 4.26. The van der Waals surface area contributed by atoms with Gasteiger partial charge in [0, 0.05) is 12.8 Å². The first-order valence-corrected chi connectivity index (χ1v) is 21.2. The van der Waals surface area contributed by atoms with E-state index in [9.17, 15) is 9.59 Å². The van der Waals surface area contributed by atoms with Gasteiger partial charge in [-0.1, -0.05) is 104 Å². The monoisotopic (exact) mass is 660 g/mol. The molecule has 0 aromatic heterocycles. The van der Waals surface area contributed by atoms with E-state index >= 15 is 0 Å². The van der Waals surface area contributed by atoms with Crippen LogP contribution >= 0.6 is 0 Å². The SMILES string of the molecule is CCCCCCCCOC(=O)CCCCCCCCC(=O)OCCCCCCCC.CCC[CH2][Sn][CH2]CCC. The van der Waals surface area contributed by atoms with Crippen molar-refractivity contribution >= 4 is 33.1 Å². The van der Waals surface area contributed by atoms with Crippen molar-refractivity contribution in [3.05, 3.63) is 0 Å². The number of unbranched alkanes of at least 4 members (excludes halogenated alkanes) is 17. The molecule has 0 saturated carbocycles. The Hall–Kier alpha value is -0.261. The van der Waals surface area contributed by atoms with E-state index in [0.29, 0.717) is 26.1 Å². The second kappa shape index (κ2) is 37.7. The van der Waals surface area contributed by atoms with E-state index < -0.39 is 0 Å². The van der Waals surface area contributed by atoms with E-state index in [0.717, 1.165) is 51.4 Å². The molecule has 0 heterocycles. The summed E-state index contributed by atoms with van der Waals surface area (Å²) in [6, 6.07) is 0. The Labute approximate surface area is 255 Å². The number of hydrogen-bond donors (Lipinski definition) is 0. The molecule has 0 aliphatic carbocycles. The molecule has 232 valence electrons. The molecule has 0 aliphatic rings. The van der Waals surface area contributed by atoms with Gasteiger partial charge in [-0.2, -0.15) is 0 Å². The molecule has 0 unspecified atom stereocenters. The van der Waals surface area contributed by atoms with Gasteiger partial charge in [0.1, 0.15) is 0 Å². The van der Waals surface area contributed by atoms with Gasteiger partial charge >= 0.3 is 81.5 Å². The first kappa shape index (κ1) is 40.9. The molecule has 0 amide bonds. The van der Waals surface area contributed by atoms with Gasteiger partial charge in [-0.15, -0.1) is 0 Å². The van der Waals surface area contributed by atoms with Crippen LogP contribution in [0.15, 0.2) is 0 Å². The Morgan fingerprint density at radius 1 is 0.410 bits per heavy atom. The molecule has 0 bridgehead atoms. The standard InChI is InChI=1S/C26H50O4.2C4H9.Sn/c1-3-5-7-9-15-19-23-29-25(27)21-17-13-11-12-14-18-22-26(28)30-24-20-16-10-8-6-4-2;2*1-3-4-2;/h3-24H2,1-2H3;2*1,3-4H2,2H3;. The van der Waals surface area contributed by atoms with Gasteiger partial charge in [0.25, 0.3) is 0 Å². The summed E-state index contributed by atoms with van der Waals surface area (Å²) in [4.78, 5) is 23.4. The Balaban J connectivity index is 0. The van der Waals surface area contributed by atoms with Crippen LogP contribution in [0.1, 0.15) is 182 Å². The van der Waals surface area contributed by atoms with Crippen LogP contribution in [0.2, 0.25) is 8.87 Å². The summed E-state index contributed by atoms with van der Waals surface area (Å²) < 4.78 is 13.8. The minimum atomic E-state index is -0.0448. The minimum absolute atomic E-state index is 0.0448. The van der Waals surface area contributed by atoms with Gasteiger partial charge in [-0.25, -0.2) is 0 Å². The summed E-state index contributed by atoms with van der Waals surface area (Å²) in [6.07, 6.45) is 27.7. The van der Waals surface area contributed by atoms with Crippen molar-refractivity contribution in [3.8, 4) is 0 Å².